The van der Waals surface area contributed by atoms with Crippen LogP contribution in [0.4, 0.5) is 5.69 Å². The number of sulfonamides is 1. The first-order valence-corrected chi connectivity index (χ1v) is 9.14. The van der Waals surface area contributed by atoms with E-state index < -0.39 is 10.0 Å². The fourth-order valence-electron chi connectivity index (χ4n) is 2.05. The SMILES string of the molecule is CC(C)CCCC(C)NS(=O)(=O)c1c(Cl)cc(N)cc1Cl. The standard InChI is InChI=1S/C14H22Cl2N2O2S/c1-9(2)5-4-6-10(3)18-21(19,20)14-12(15)7-11(17)8-13(14)16/h7-10,18H,4-6,17H2,1-3H3. The summed E-state index contributed by atoms with van der Waals surface area (Å²) in [6.45, 7) is 6.11. The normalized spacial score (nSPS) is 13.6. The van der Waals surface area contributed by atoms with Crippen molar-refractivity contribution in [1.29, 1.82) is 0 Å². The molecule has 0 spiro atoms. The van der Waals surface area contributed by atoms with Crippen LogP contribution in [0.1, 0.15) is 40.0 Å². The van der Waals surface area contributed by atoms with Gasteiger partial charge in [-0.05, 0) is 31.4 Å². The predicted octanol–water partition coefficient (Wildman–Crippen LogP) is 4.07. The number of hydrogen-bond donors (Lipinski definition) is 2. The summed E-state index contributed by atoms with van der Waals surface area (Å²) in [4.78, 5) is -0.115. The third kappa shape index (κ3) is 5.66. The molecule has 0 saturated heterocycles. The summed E-state index contributed by atoms with van der Waals surface area (Å²) in [7, 11) is -3.76. The number of halogens is 2. The van der Waals surface area contributed by atoms with Gasteiger partial charge in [0.05, 0.1) is 10.0 Å². The fourth-order valence-corrected chi connectivity index (χ4v) is 4.56. The number of nitrogens with two attached hydrogens (primary N) is 1. The summed E-state index contributed by atoms with van der Waals surface area (Å²) in [6.07, 6.45) is 2.79. The quantitative estimate of drug-likeness (QED) is 0.726. The minimum Gasteiger partial charge on any atom is -0.399 e. The molecule has 1 aromatic rings. The molecule has 0 aliphatic rings. The second-order valence-electron chi connectivity index (χ2n) is 5.66. The van der Waals surface area contributed by atoms with Gasteiger partial charge in [-0.2, -0.15) is 0 Å². The van der Waals surface area contributed by atoms with Gasteiger partial charge >= 0.3 is 0 Å². The first-order chi connectivity index (χ1) is 9.63. The molecule has 7 heteroatoms. The predicted molar refractivity (Wildman–Crippen MR) is 89.3 cm³/mol. The van der Waals surface area contributed by atoms with E-state index in [1.165, 1.54) is 12.1 Å². The van der Waals surface area contributed by atoms with Crippen LogP contribution in [0.15, 0.2) is 17.0 Å². The largest absolute Gasteiger partial charge is 0.399 e. The Bertz CT molecular complexity index is 566. The molecule has 0 saturated carbocycles. The van der Waals surface area contributed by atoms with Gasteiger partial charge in [0.2, 0.25) is 10.0 Å². The third-order valence-corrected chi connectivity index (χ3v) is 5.57. The summed E-state index contributed by atoms with van der Waals surface area (Å²) in [5, 5.41) is 0.0590. The Morgan fingerprint density at radius 2 is 1.67 bits per heavy atom. The van der Waals surface area contributed by atoms with E-state index in [-0.39, 0.29) is 21.0 Å². The monoisotopic (exact) mass is 352 g/mol. The molecule has 1 aromatic carbocycles. The molecule has 0 amide bonds. The van der Waals surface area contributed by atoms with Crippen molar-refractivity contribution in [1.82, 2.24) is 4.72 Å². The van der Waals surface area contributed by atoms with Gasteiger partial charge in [-0.3, -0.25) is 0 Å². The van der Waals surface area contributed by atoms with Crippen LogP contribution in [0.5, 0.6) is 0 Å². The number of benzene rings is 1. The maximum atomic E-state index is 12.4. The summed E-state index contributed by atoms with van der Waals surface area (Å²) >= 11 is 11.9. The zero-order valence-electron chi connectivity index (χ0n) is 12.5. The van der Waals surface area contributed by atoms with Crippen LogP contribution in [-0.2, 0) is 10.0 Å². The lowest BCUT2D eigenvalue weighted by molar-refractivity contribution is 0.488. The second-order valence-corrected chi connectivity index (χ2v) is 8.13. The Morgan fingerprint density at radius 1 is 1.14 bits per heavy atom. The molecular formula is C14H22Cl2N2O2S. The molecule has 21 heavy (non-hydrogen) atoms. The molecular weight excluding hydrogens is 331 g/mol. The van der Waals surface area contributed by atoms with E-state index in [4.69, 9.17) is 28.9 Å². The van der Waals surface area contributed by atoms with Crippen molar-refractivity contribution >= 4 is 38.9 Å². The fraction of sp³-hybridized carbons (Fsp3) is 0.571. The minimum atomic E-state index is -3.76. The smallest absolute Gasteiger partial charge is 0.243 e. The van der Waals surface area contributed by atoms with Crippen molar-refractivity contribution in [3.05, 3.63) is 22.2 Å². The number of nitrogens with one attached hydrogen (secondary N) is 1. The Kier molecular flexibility index (Phi) is 6.78. The van der Waals surface area contributed by atoms with Gasteiger partial charge in [-0.1, -0.05) is 49.9 Å². The number of anilines is 1. The molecule has 1 rings (SSSR count). The van der Waals surface area contributed by atoms with Crippen LogP contribution in [-0.4, -0.2) is 14.5 Å². The summed E-state index contributed by atoms with van der Waals surface area (Å²) in [5.41, 5.74) is 5.91. The maximum Gasteiger partial charge on any atom is 0.243 e. The topological polar surface area (TPSA) is 72.2 Å². The lowest BCUT2D eigenvalue weighted by Crippen LogP contribution is -2.33. The van der Waals surface area contributed by atoms with Gasteiger partial charge in [0, 0.05) is 11.7 Å². The van der Waals surface area contributed by atoms with E-state index in [0.717, 1.165) is 19.3 Å². The Labute approximate surface area is 137 Å². The van der Waals surface area contributed by atoms with Gasteiger partial charge < -0.3 is 5.73 Å². The lowest BCUT2D eigenvalue weighted by atomic mass is 10.0. The van der Waals surface area contributed by atoms with Crippen LogP contribution >= 0.6 is 23.2 Å². The maximum absolute atomic E-state index is 12.4. The van der Waals surface area contributed by atoms with Crippen LogP contribution < -0.4 is 10.5 Å². The zero-order valence-corrected chi connectivity index (χ0v) is 14.8. The first-order valence-electron chi connectivity index (χ1n) is 6.90. The molecule has 0 radical (unpaired) electrons. The van der Waals surface area contributed by atoms with Crippen molar-refractivity contribution < 1.29 is 8.42 Å². The molecule has 0 aromatic heterocycles. The Hall–Kier alpha value is -0.490. The lowest BCUT2D eigenvalue weighted by Gasteiger charge is -2.16. The highest BCUT2D eigenvalue weighted by molar-refractivity contribution is 7.89. The van der Waals surface area contributed by atoms with E-state index in [0.29, 0.717) is 11.6 Å². The van der Waals surface area contributed by atoms with Crippen molar-refractivity contribution in [2.45, 2.75) is 51.0 Å². The van der Waals surface area contributed by atoms with E-state index in [1.54, 1.807) is 0 Å². The molecule has 120 valence electrons. The van der Waals surface area contributed by atoms with Crippen molar-refractivity contribution in [2.75, 3.05) is 5.73 Å². The molecule has 1 unspecified atom stereocenters. The molecule has 0 fully saturated rings. The Morgan fingerprint density at radius 3 is 2.14 bits per heavy atom. The van der Waals surface area contributed by atoms with E-state index in [9.17, 15) is 8.42 Å². The molecule has 0 bridgehead atoms. The second kappa shape index (κ2) is 7.68. The summed E-state index contributed by atoms with van der Waals surface area (Å²) < 4.78 is 27.4. The van der Waals surface area contributed by atoms with Gasteiger partial charge in [0.25, 0.3) is 0 Å². The minimum absolute atomic E-state index is 0.0295. The van der Waals surface area contributed by atoms with Crippen molar-refractivity contribution in [3.63, 3.8) is 0 Å². The van der Waals surface area contributed by atoms with Gasteiger partial charge in [0.15, 0.2) is 0 Å². The number of rotatable bonds is 7. The van der Waals surface area contributed by atoms with Gasteiger partial charge in [0.1, 0.15) is 4.90 Å². The summed E-state index contributed by atoms with van der Waals surface area (Å²) in [5.74, 6) is 0.606. The molecule has 3 N–H and O–H groups in total. The molecule has 4 nitrogen and oxygen atoms in total. The van der Waals surface area contributed by atoms with Crippen LogP contribution in [0.2, 0.25) is 10.0 Å². The van der Waals surface area contributed by atoms with E-state index in [2.05, 4.69) is 18.6 Å². The van der Waals surface area contributed by atoms with Crippen LogP contribution in [0.3, 0.4) is 0 Å². The number of nitrogen functional groups attached to an aromatic ring is 1. The third-order valence-electron chi connectivity index (χ3n) is 3.06. The molecule has 0 heterocycles. The molecule has 1 atom stereocenters. The van der Waals surface area contributed by atoms with Gasteiger partial charge in [-0.25, -0.2) is 13.1 Å². The highest BCUT2D eigenvalue weighted by atomic mass is 35.5. The molecule has 0 aliphatic heterocycles. The van der Waals surface area contributed by atoms with Crippen molar-refractivity contribution in [2.24, 2.45) is 5.92 Å². The number of hydrogen-bond acceptors (Lipinski definition) is 3. The average Bonchev–Trinajstić information content (AvgIpc) is 2.24. The highest BCUT2D eigenvalue weighted by Gasteiger charge is 2.24. The first kappa shape index (κ1) is 18.6. The van der Waals surface area contributed by atoms with Crippen molar-refractivity contribution in [3.8, 4) is 0 Å². The van der Waals surface area contributed by atoms with E-state index in [1.807, 2.05) is 6.92 Å². The summed E-state index contributed by atoms with van der Waals surface area (Å²) in [6, 6.07) is 2.58. The van der Waals surface area contributed by atoms with Gasteiger partial charge in [-0.15, -0.1) is 0 Å². The van der Waals surface area contributed by atoms with E-state index >= 15 is 0 Å². The van der Waals surface area contributed by atoms with Crippen LogP contribution in [0, 0.1) is 5.92 Å². The molecule has 0 aliphatic carbocycles. The highest BCUT2D eigenvalue weighted by Crippen LogP contribution is 2.31. The average molecular weight is 353 g/mol. The zero-order chi connectivity index (χ0) is 16.2. The Balaban J connectivity index is 2.83. The van der Waals surface area contributed by atoms with Crippen LogP contribution in [0.25, 0.3) is 0 Å².